The second-order valence-corrected chi connectivity index (χ2v) is 10.3. The van der Waals surface area contributed by atoms with E-state index in [1.807, 2.05) is 48.5 Å². The lowest BCUT2D eigenvalue weighted by Gasteiger charge is -2.14. The number of para-hydroxylation sites is 1. The van der Waals surface area contributed by atoms with Crippen molar-refractivity contribution in [1.82, 2.24) is 10.3 Å². The van der Waals surface area contributed by atoms with Gasteiger partial charge in [0.15, 0.2) is 5.11 Å². The van der Waals surface area contributed by atoms with Crippen LogP contribution in [0.5, 0.6) is 0 Å². The Morgan fingerprint density at radius 3 is 2.59 bits per heavy atom. The number of aromatic nitrogens is 1. The summed E-state index contributed by atoms with van der Waals surface area (Å²) in [6, 6.07) is 19.0. The highest BCUT2D eigenvalue weighted by Crippen LogP contribution is 2.40. The average molecular weight is 608 g/mol. The van der Waals surface area contributed by atoms with Crippen LogP contribution in [-0.4, -0.2) is 16.0 Å². The summed E-state index contributed by atoms with van der Waals surface area (Å²) in [7, 11) is 0. The molecule has 9 heteroatoms. The number of nitrogens with one attached hydrogen (secondary N) is 2. The molecule has 0 atom stereocenters. The molecule has 0 aliphatic rings. The first-order valence-electron chi connectivity index (χ1n) is 9.29. The maximum atomic E-state index is 12.3. The zero-order chi connectivity index (χ0) is 22.7. The van der Waals surface area contributed by atoms with Gasteiger partial charge < -0.3 is 5.32 Å². The smallest absolute Gasteiger partial charge is 0.250 e. The van der Waals surface area contributed by atoms with E-state index in [1.165, 1.54) is 6.08 Å². The highest BCUT2D eigenvalue weighted by Gasteiger charge is 2.16. The maximum absolute atomic E-state index is 12.3. The first-order valence-corrected chi connectivity index (χ1v) is 12.5. The highest BCUT2D eigenvalue weighted by atomic mass is 79.9. The second-order valence-electron chi connectivity index (χ2n) is 6.63. The topological polar surface area (TPSA) is 54.0 Å². The van der Waals surface area contributed by atoms with Gasteiger partial charge in [0.2, 0.25) is 5.91 Å². The number of carbonyl (C=O) groups excluding carboxylic acids is 1. The zero-order valence-corrected chi connectivity index (χ0v) is 21.8. The highest BCUT2D eigenvalue weighted by molar-refractivity contribution is 9.11. The first kappa shape index (κ1) is 23.1. The summed E-state index contributed by atoms with van der Waals surface area (Å²) in [5.74, 6) is -0.341. The molecule has 0 aliphatic carbocycles. The lowest BCUT2D eigenvalue weighted by Crippen LogP contribution is -2.33. The molecule has 0 saturated heterocycles. The third kappa shape index (κ3) is 5.63. The molecular weight excluding hydrogens is 594 g/mol. The molecule has 4 aromatic rings. The number of benzene rings is 3. The van der Waals surface area contributed by atoms with Crippen molar-refractivity contribution >= 4 is 100 Å². The summed E-state index contributed by atoms with van der Waals surface area (Å²) in [5.41, 5.74) is 3.37. The minimum absolute atomic E-state index is 0.182. The zero-order valence-electron chi connectivity index (χ0n) is 16.2. The predicted octanol–water partition coefficient (Wildman–Crippen LogP) is 7.67. The van der Waals surface area contributed by atoms with Crippen LogP contribution in [-0.2, 0) is 4.79 Å². The van der Waals surface area contributed by atoms with Crippen LogP contribution in [0.2, 0.25) is 5.02 Å². The van der Waals surface area contributed by atoms with E-state index < -0.39 is 0 Å². The minimum Gasteiger partial charge on any atom is -0.331 e. The summed E-state index contributed by atoms with van der Waals surface area (Å²) < 4.78 is 2.77. The lowest BCUT2D eigenvalue weighted by molar-refractivity contribution is -0.115. The number of halogens is 3. The third-order valence-corrected chi connectivity index (χ3v) is 6.96. The Bertz CT molecular complexity index is 1320. The van der Waals surface area contributed by atoms with E-state index in [1.54, 1.807) is 29.5 Å². The molecule has 4 nitrogen and oxygen atoms in total. The summed E-state index contributed by atoms with van der Waals surface area (Å²) in [5, 5.41) is 7.47. The van der Waals surface area contributed by atoms with Crippen LogP contribution in [0.4, 0.5) is 5.69 Å². The van der Waals surface area contributed by atoms with Gasteiger partial charge in [0.25, 0.3) is 0 Å². The van der Waals surface area contributed by atoms with Crippen LogP contribution in [0.15, 0.2) is 75.7 Å². The molecule has 0 aliphatic heterocycles. The van der Waals surface area contributed by atoms with Crippen molar-refractivity contribution in [1.29, 1.82) is 0 Å². The fourth-order valence-corrected chi connectivity index (χ4v) is 5.54. The maximum Gasteiger partial charge on any atom is 0.250 e. The van der Waals surface area contributed by atoms with Crippen LogP contribution in [0.1, 0.15) is 5.56 Å². The Kier molecular flexibility index (Phi) is 7.37. The van der Waals surface area contributed by atoms with E-state index in [4.69, 9.17) is 28.8 Å². The van der Waals surface area contributed by atoms with E-state index in [2.05, 4.69) is 42.5 Å². The van der Waals surface area contributed by atoms with E-state index in [0.717, 1.165) is 41.0 Å². The van der Waals surface area contributed by atoms with Crippen molar-refractivity contribution in [2.75, 3.05) is 5.32 Å². The molecule has 1 amide bonds. The van der Waals surface area contributed by atoms with Crippen LogP contribution in [0.25, 0.3) is 26.9 Å². The Balaban J connectivity index is 1.54. The number of hydrogen-bond donors (Lipinski definition) is 2. The predicted molar refractivity (Wildman–Crippen MR) is 145 cm³/mol. The molecular formula is C23H14Br2ClN3OS2. The van der Waals surface area contributed by atoms with Crippen molar-refractivity contribution in [3.8, 4) is 10.6 Å². The number of thiocarbonyl (C=S) groups is 1. The fourth-order valence-electron chi connectivity index (χ4n) is 2.90. The van der Waals surface area contributed by atoms with Gasteiger partial charge in [-0.3, -0.25) is 10.1 Å². The summed E-state index contributed by atoms with van der Waals surface area (Å²) in [4.78, 5) is 17.1. The standard InChI is InChI=1S/C23H14Br2ClN3OS2/c24-14-11-16(22-27-18-3-1-2-4-19(18)32-22)21(17(25)12-14)29-23(31)28-20(30)10-7-13-5-8-15(26)9-6-13/h1-12H,(H2,28,29,30,31)/b10-7+. The summed E-state index contributed by atoms with van der Waals surface area (Å²) >= 11 is 20.0. The first-order chi connectivity index (χ1) is 15.4. The van der Waals surface area contributed by atoms with E-state index >= 15 is 0 Å². The Labute approximate surface area is 216 Å². The molecule has 4 rings (SSSR count). The third-order valence-electron chi connectivity index (χ3n) is 4.35. The molecule has 0 fully saturated rings. The molecule has 0 radical (unpaired) electrons. The molecule has 1 heterocycles. The number of carbonyl (C=O) groups is 1. The molecule has 0 spiro atoms. The summed E-state index contributed by atoms with van der Waals surface area (Å²) in [6.45, 7) is 0. The number of rotatable bonds is 4. The van der Waals surface area contributed by atoms with Crippen LogP contribution >= 0.6 is 67.0 Å². The molecule has 32 heavy (non-hydrogen) atoms. The van der Waals surface area contributed by atoms with Gasteiger partial charge >= 0.3 is 0 Å². The van der Waals surface area contributed by atoms with Gasteiger partial charge in [0, 0.05) is 25.6 Å². The molecule has 0 saturated carbocycles. The van der Waals surface area contributed by atoms with Crippen molar-refractivity contribution in [3.63, 3.8) is 0 Å². The van der Waals surface area contributed by atoms with Gasteiger partial charge in [-0.15, -0.1) is 11.3 Å². The molecule has 160 valence electrons. The van der Waals surface area contributed by atoms with Gasteiger partial charge in [0.05, 0.1) is 15.9 Å². The van der Waals surface area contributed by atoms with Gasteiger partial charge in [-0.2, -0.15) is 0 Å². The Morgan fingerprint density at radius 2 is 1.84 bits per heavy atom. The SMILES string of the molecule is O=C(/C=C/c1ccc(Cl)cc1)NC(=S)Nc1c(Br)cc(Br)cc1-c1nc2ccccc2s1. The van der Waals surface area contributed by atoms with Crippen LogP contribution in [0.3, 0.4) is 0 Å². The lowest BCUT2D eigenvalue weighted by atomic mass is 10.2. The van der Waals surface area contributed by atoms with E-state index in [9.17, 15) is 4.79 Å². The van der Waals surface area contributed by atoms with Gasteiger partial charge in [-0.1, -0.05) is 51.8 Å². The monoisotopic (exact) mass is 605 g/mol. The molecule has 2 N–H and O–H groups in total. The largest absolute Gasteiger partial charge is 0.331 e. The molecule has 3 aromatic carbocycles. The molecule has 0 bridgehead atoms. The molecule has 0 unspecified atom stereocenters. The van der Waals surface area contributed by atoms with Gasteiger partial charge in [-0.05, 0) is 76.2 Å². The minimum atomic E-state index is -0.341. The van der Waals surface area contributed by atoms with Crippen molar-refractivity contribution < 1.29 is 4.79 Å². The summed E-state index contributed by atoms with van der Waals surface area (Å²) in [6.07, 6.45) is 3.11. The van der Waals surface area contributed by atoms with Crippen LogP contribution < -0.4 is 10.6 Å². The van der Waals surface area contributed by atoms with E-state index in [0.29, 0.717) is 5.02 Å². The Morgan fingerprint density at radius 1 is 1.09 bits per heavy atom. The van der Waals surface area contributed by atoms with Gasteiger partial charge in [-0.25, -0.2) is 4.98 Å². The van der Waals surface area contributed by atoms with Gasteiger partial charge in [0.1, 0.15) is 5.01 Å². The second kappa shape index (κ2) is 10.2. The van der Waals surface area contributed by atoms with Crippen molar-refractivity contribution in [2.24, 2.45) is 0 Å². The number of amides is 1. The Hall–Kier alpha value is -2.10. The average Bonchev–Trinajstić information content (AvgIpc) is 3.19. The number of anilines is 1. The number of nitrogens with zero attached hydrogens (tertiary/aromatic N) is 1. The van der Waals surface area contributed by atoms with E-state index in [-0.39, 0.29) is 11.0 Å². The van der Waals surface area contributed by atoms with Crippen molar-refractivity contribution in [2.45, 2.75) is 0 Å². The fraction of sp³-hybridized carbons (Fsp3) is 0. The molecule has 1 aromatic heterocycles. The normalized spacial score (nSPS) is 11.1. The quantitative estimate of drug-likeness (QED) is 0.185. The number of fused-ring (bicyclic) bond motifs is 1. The van der Waals surface area contributed by atoms with Crippen molar-refractivity contribution in [3.05, 3.63) is 86.3 Å². The number of hydrogen-bond acceptors (Lipinski definition) is 4. The van der Waals surface area contributed by atoms with Crippen LogP contribution in [0, 0.1) is 0 Å². The number of thiazole rings is 1.